The van der Waals surface area contributed by atoms with Crippen molar-refractivity contribution in [3.63, 3.8) is 0 Å². The van der Waals surface area contributed by atoms with E-state index < -0.39 is 0 Å². The van der Waals surface area contributed by atoms with E-state index in [0.717, 1.165) is 21.9 Å². The van der Waals surface area contributed by atoms with Gasteiger partial charge in [-0.2, -0.15) is 21.0 Å². The summed E-state index contributed by atoms with van der Waals surface area (Å²) >= 11 is 0. The van der Waals surface area contributed by atoms with Crippen LogP contribution in [0.2, 0.25) is 0 Å². The number of nitrogens with one attached hydrogen (secondary N) is 2. The van der Waals surface area contributed by atoms with Crippen LogP contribution in [0.3, 0.4) is 0 Å². The Hall–Kier alpha value is -5.74. The molecule has 34 heavy (non-hydrogen) atoms. The Morgan fingerprint density at radius 1 is 0.471 bits per heavy atom. The van der Waals surface area contributed by atoms with Gasteiger partial charge in [0.2, 0.25) is 0 Å². The molecule has 0 unspecified atom stereocenters. The van der Waals surface area contributed by atoms with Gasteiger partial charge in [0, 0.05) is 16.3 Å². The van der Waals surface area contributed by atoms with Gasteiger partial charge in [-0.05, 0) is 33.7 Å². The zero-order valence-corrected chi connectivity index (χ0v) is 17.7. The average molecular weight is 434 g/mol. The lowest BCUT2D eigenvalue weighted by molar-refractivity contribution is 1.44. The minimum atomic E-state index is 0.0201. The molecule has 0 saturated carbocycles. The molecule has 0 aliphatic carbocycles. The summed E-state index contributed by atoms with van der Waals surface area (Å²) in [7, 11) is 0. The maximum absolute atomic E-state index is 9.17. The summed E-state index contributed by atoms with van der Waals surface area (Å²) in [6.45, 7) is 0. The molecule has 0 heterocycles. The van der Waals surface area contributed by atoms with Gasteiger partial charge in [-0.1, -0.05) is 72.8 Å². The summed E-state index contributed by atoms with van der Waals surface area (Å²) < 4.78 is 0. The molecule has 0 radical (unpaired) electrons. The summed E-state index contributed by atoms with van der Waals surface area (Å²) in [6, 6.07) is 29.0. The topological polar surface area (TPSA) is 143 Å². The van der Waals surface area contributed by atoms with E-state index in [0.29, 0.717) is 16.3 Å². The normalized spacial score (nSPS) is 9.06. The highest BCUT2D eigenvalue weighted by atomic mass is 14.3. The Morgan fingerprint density at radius 3 is 1.15 bits per heavy atom. The van der Waals surface area contributed by atoms with Gasteiger partial charge in [0.25, 0.3) is 0 Å². The summed E-state index contributed by atoms with van der Waals surface area (Å²) in [5.41, 5.74) is 3.92. The summed E-state index contributed by atoms with van der Waals surface area (Å²) in [4.78, 5) is 0. The first-order valence-corrected chi connectivity index (χ1v) is 9.86. The number of benzene rings is 3. The van der Waals surface area contributed by atoms with E-state index >= 15 is 0 Å². The number of hydrogen-bond donors (Lipinski definition) is 2. The van der Waals surface area contributed by atoms with Crippen molar-refractivity contribution in [2.75, 3.05) is 0 Å². The smallest absolute Gasteiger partial charge is 0.136 e. The Labute approximate surface area is 195 Å². The Kier molecular flexibility index (Phi) is 7.10. The molecule has 0 bridgehead atoms. The molecular formula is C28H14N6. The van der Waals surface area contributed by atoms with Gasteiger partial charge >= 0.3 is 0 Å². The second-order valence-electron chi connectivity index (χ2n) is 6.93. The van der Waals surface area contributed by atoms with E-state index in [1.165, 1.54) is 0 Å². The fourth-order valence-corrected chi connectivity index (χ4v) is 3.39. The van der Waals surface area contributed by atoms with Crippen LogP contribution in [0.5, 0.6) is 0 Å². The van der Waals surface area contributed by atoms with Crippen LogP contribution >= 0.6 is 0 Å². The molecular weight excluding hydrogens is 420 g/mol. The fourth-order valence-electron chi connectivity index (χ4n) is 3.39. The van der Waals surface area contributed by atoms with Crippen molar-refractivity contribution in [3.8, 4) is 24.3 Å². The molecule has 3 rings (SSSR count). The Morgan fingerprint density at radius 2 is 0.824 bits per heavy atom. The second kappa shape index (κ2) is 10.5. The molecule has 0 aliphatic heterocycles. The first kappa shape index (κ1) is 22.9. The third kappa shape index (κ3) is 4.61. The molecule has 6 heteroatoms. The lowest BCUT2D eigenvalue weighted by Gasteiger charge is -2.11. The van der Waals surface area contributed by atoms with E-state index in [2.05, 4.69) is 11.7 Å². The molecule has 2 N–H and O–H groups in total. The Bertz CT molecular complexity index is 1550. The Balaban J connectivity index is 2.28. The van der Waals surface area contributed by atoms with Crippen molar-refractivity contribution >= 4 is 34.0 Å². The molecule has 3 aromatic carbocycles. The molecule has 156 valence electrons. The first-order chi connectivity index (χ1) is 16.6. The maximum atomic E-state index is 9.17. The lowest BCUT2D eigenvalue weighted by atomic mass is 9.92. The predicted molar refractivity (Wildman–Crippen MR) is 128 cm³/mol. The highest BCUT2D eigenvalue weighted by molar-refractivity contribution is 5.97. The van der Waals surface area contributed by atoms with Gasteiger partial charge in [-0.15, -0.1) is 0 Å². The summed E-state index contributed by atoms with van der Waals surface area (Å²) in [6.07, 6.45) is 0. The van der Waals surface area contributed by atoms with Crippen molar-refractivity contribution in [1.29, 1.82) is 31.9 Å². The van der Waals surface area contributed by atoms with Crippen LogP contribution in [0.4, 0.5) is 0 Å². The molecule has 3 aromatic rings. The van der Waals surface area contributed by atoms with Gasteiger partial charge in [-0.25, -0.2) is 0 Å². The zero-order chi connectivity index (χ0) is 24.5. The van der Waals surface area contributed by atoms with Crippen LogP contribution in [0.25, 0.3) is 22.3 Å². The van der Waals surface area contributed by atoms with Crippen molar-refractivity contribution in [1.82, 2.24) is 0 Å². The quantitative estimate of drug-likeness (QED) is 0.479. The van der Waals surface area contributed by atoms with E-state index in [-0.39, 0.29) is 16.7 Å². The van der Waals surface area contributed by atoms with E-state index in [4.69, 9.17) is 21.3 Å². The second-order valence-corrected chi connectivity index (χ2v) is 6.93. The number of rotatable bonds is 4. The first-order valence-electron chi connectivity index (χ1n) is 9.86. The third-order valence-electron chi connectivity index (χ3n) is 5.08. The molecule has 0 aromatic heterocycles. The average Bonchev–Trinajstić information content (AvgIpc) is 2.89. The summed E-state index contributed by atoms with van der Waals surface area (Å²) in [5.74, 6) is 4.26. The molecule has 0 saturated heterocycles. The van der Waals surface area contributed by atoms with Crippen LogP contribution in [0.1, 0.15) is 22.3 Å². The van der Waals surface area contributed by atoms with Crippen molar-refractivity contribution < 1.29 is 0 Å². The number of hydrogen-bond acceptors (Lipinski definition) is 6. The van der Waals surface area contributed by atoms with E-state index in [1.54, 1.807) is 36.4 Å². The molecule has 0 amide bonds. The van der Waals surface area contributed by atoms with Gasteiger partial charge in [0.1, 0.15) is 41.0 Å². The fraction of sp³-hybridized carbons (Fsp3) is 0. The van der Waals surface area contributed by atoms with Crippen LogP contribution in [-0.2, 0) is 0 Å². The number of allylic oxidation sites excluding steroid dienone is 2. The van der Waals surface area contributed by atoms with Gasteiger partial charge in [-0.3, -0.25) is 10.8 Å². The predicted octanol–water partition coefficient (Wildman–Crippen LogP) is 3.44. The minimum Gasteiger partial charge on any atom is -0.258 e. The van der Waals surface area contributed by atoms with Gasteiger partial charge in [0.15, 0.2) is 0 Å². The maximum Gasteiger partial charge on any atom is 0.136 e. The number of nitriles is 4. The van der Waals surface area contributed by atoms with Crippen LogP contribution in [-0.4, -0.2) is 11.7 Å². The molecule has 0 atom stereocenters. The van der Waals surface area contributed by atoms with Gasteiger partial charge in [0.05, 0.1) is 0 Å². The molecule has 6 nitrogen and oxygen atoms in total. The third-order valence-corrected chi connectivity index (χ3v) is 5.08. The van der Waals surface area contributed by atoms with E-state index in [9.17, 15) is 10.5 Å². The van der Waals surface area contributed by atoms with Crippen molar-refractivity contribution in [3.05, 3.63) is 105 Å². The van der Waals surface area contributed by atoms with E-state index in [1.807, 2.05) is 60.7 Å². The van der Waals surface area contributed by atoms with Crippen molar-refractivity contribution in [2.24, 2.45) is 0 Å². The molecule has 0 fully saturated rings. The minimum absolute atomic E-state index is 0.0201. The SMILES string of the molecule is N#CC(=C=N)c1ccc(C(c2ccc(C(=C=N)C#N)cc2)=c2ccc(=C(C#N)C#N)cc2)cc1. The lowest BCUT2D eigenvalue weighted by Crippen LogP contribution is -2.13. The molecule has 0 aliphatic rings. The number of nitrogens with zero attached hydrogens (tertiary/aromatic N) is 4. The standard InChI is InChI=1S/C28H14N6/c29-13-25(14-30)19-1-7-22(8-2-19)28(23-9-3-20(4-10-23)26(15-31)16-32)24-11-5-21(6-12-24)27(17-33)18-34/h1-12,29,31H. The highest BCUT2D eigenvalue weighted by Gasteiger charge is 2.10. The van der Waals surface area contributed by atoms with Crippen LogP contribution in [0, 0.1) is 56.1 Å². The summed E-state index contributed by atoms with van der Waals surface area (Å²) in [5, 5.41) is 52.5. The largest absolute Gasteiger partial charge is 0.258 e. The van der Waals surface area contributed by atoms with Crippen molar-refractivity contribution in [2.45, 2.75) is 0 Å². The van der Waals surface area contributed by atoms with Crippen LogP contribution < -0.4 is 10.4 Å². The monoisotopic (exact) mass is 434 g/mol. The zero-order valence-electron chi connectivity index (χ0n) is 17.7. The molecule has 0 spiro atoms. The van der Waals surface area contributed by atoms with Gasteiger partial charge < -0.3 is 0 Å². The highest BCUT2D eigenvalue weighted by Crippen LogP contribution is 2.24. The van der Waals surface area contributed by atoms with Crippen LogP contribution in [0.15, 0.2) is 72.8 Å².